The van der Waals surface area contributed by atoms with Gasteiger partial charge in [-0.05, 0) is 55.0 Å². The number of rotatable bonds is 7. The minimum atomic E-state index is -0.0317. The number of halogens is 1. The second-order valence-electron chi connectivity index (χ2n) is 7.36. The Labute approximate surface area is 184 Å². The van der Waals surface area contributed by atoms with Crippen LogP contribution in [0.15, 0.2) is 94.1 Å². The van der Waals surface area contributed by atoms with E-state index in [1.165, 1.54) is 11.1 Å². The van der Waals surface area contributed by atoms with Gasteiger partial charge < -0.3 is 13.9 Å². The third kappa shape index (κ3) is 4.92. The van der Waals surface area contributed by atoms with Crippen molar-refractivity contribution in [2.24, 2.45) is 0 Å². The first-order valence-electron chi connectivity index (χ1n) is 9.85. The molecule has 0 N–H and O–H groups in total. The van der Waals surface area contributed by atoms with E-state index in [0.29, 0.717) is 18.7 Å². The molecule has 0 aliphatic heterocycles. The lowest BCUT2D eigenvalue weighted by Gasteiger charge is -2.23. The summed E-state index contributed by atoms with van der Waals surface area (Å²) in [6, 6.07) is 23.9. The van der Waals surface area contributed by atoms with Gasteiger partial charge in [0.1, 0.15) is 5.76 Å². The Kier molecular flexibility index (Phi) is 6.19. The molecule has 2 heterocycles. The molecule has 30 heavy (non-hydrogen) atoms. The largest absolute Gasteiger partial charge is 0.467 e. The average molecular weight is 463 g/mol. The summed E-state index contributed by atoms with van der Waals surface area (Å²) in [5, 5.41) is 0. The lowest BCUT2D eigenvalue weighted by Crippen LogP contribution is -2.31. The topological polar surface area (TPSA) is 38.4 Å². The van der Waals surface area contributed by atoms with Crippen LogP contribution in [-0.2, 0) is 19.6 Å². The van der Waals surface area contributed by atoms with Crippen LogP contribution in [0.5, 0.6) is 0 Å². The third-order valence-electron chi connectivity index (χ3n) is 5.04. The molecule has 4 nitrogen and oxygen atoms in total. The van der Waals surface area contributed by atoms with Gasteiger partial charge >= 0.3 is 0 Å². The maximum Gasteiger partial charge on any atom is 0.254 e. The van der Waals surface area contributed by atoms with Crippen LogP contribution in [0, 0.1) is 6.92 Å². The summed E-state index contributed by atoms with van der Waals surface area (Å²) in [7, 11) is 0. The van der Waals surface area contributed by atoms with Crippen LogP contribution in [-0.4, -0.2) is 15.4 Å². The van der Waals surface area contributed by atoms with E-state index in [2.05, 4.69) is 63.9 Å². The Morgan fingerprint density at radius 2 is 1.83 bits per heavy atom. The lowest BCUT2D eigenvalue weighted by atomic mass is 10.1. The normalized spacial score (nSPS) is 10.9. The zero-order valence-corrected chi connectivity index (χ0v) is 18.4. The Balaban J connectivity index is 1.58. The van der Waals surface area contributed by atoms with Crippen LogP contribution in [0.2, 0.25) is 0 Å². The standard InChI is InChI=1S/C25H23BrN2O2/c1-19-9-11-20(12-10-19)16-27-13-3-7-23(27)17-28(18-24-8-4-14-30-24)25(29)21-5-2-6-22(26)15-21/h2-15H,16-18H2,1H3. The van der Waals surface area contributed by atoms with Crippen LogP contribution in [0.25, 0.3) is 0 Å². The monoisotopic (exact) mass is 462 g/mol. The first-order valence-corrected chi connectivity index (χ1v) is 10.6. The second-order valence-corrected chi connectivity index (χ2v) is 8.28. The molecule has 1 amide bonds. The van der Waals surface area contributed by atoms with Gasteiger partial charge in [-0.15, -0.1) is 0 Å². The Morgan fingerprint density at radius 3 is 2.57 bits per heavy atom. The quantitative estimate of drug-likeness (QED) is 0.335. The van der Waals surface area contributed by atoms with Crippen molar-refractivity contribution in [1.82, 2.24) is 9.47 Å². The first-order chi connectivity index (χ1) is 14.6. The van der Waals surface area contributed by atoms with E-state index in [1.807, 2.05) is 47.4 Å². The predicted octanol–water partition coefficient (Wildman–Crippen LogP) is 6.04. The molecular formula is C25H23BrN2O2. The van der Waals surface area contributed by atoms with Crippen molar-refractivity contribution >= 4 is 21.8 Å². The number of benzene rings is 2. The van der Waals surface area contributed by atoms with Crippen LogP contribution >= 0.6 is 15.9 Å². The molecule has 0 aliphatic carbocycles. The Hall–Kier alpha value is -3.05. The fourth-order valence-corrected chi connectivity index (χ4v) is 3.83. The zero-order valence-electron chi connectivity index (χ0n) is 16.8. The van der Waals surface area contributed by atoms with Crippen molar-refractivity contribution in [1.29, 1.82) is 0 Å². The van der Waals surface area contributed by atoms with Gasteiger partial charge in [0, 0.05) is 28.5 Å². The van der Waals surface area contributed by atoms with Crippen molar-refractivity contribution in [2.75, 3.05) is 0 Å². The zero-order chi connectivity index (χ0) is 20.9. The number of hydrogen-bond donors (Lipinski definition) is 0. The SMILES string of the molecule is Cc1ccc(Cn2cccc2CN(Cc2ccco2)C(=O)c2cccc(Br)c2)cc1. The maximum atomic E-state index is 13.3. The molecule has 0 radical (unpaired) electrons. The maximum absolute atomic E-state index is 13.3. The van der Waals surface area contributed by atoms with Crippen molar-refractivity contribution in [3.05, 3.63) is 118 Å². The van der Waals surface area contributed by atoms with E-state index in [0.717, 1.165) is 22.5 Å². The molecule has 0 saturated heterocycles. The highest BCUT2D eigenvalue weighted by atomic mass is 79.9. The summed E-state index contributed by atoms with van der Waals surface area (Å²) < 4.78 is 8.59. The number of carbonyl (C=O) groups excluding carboxylic acids is 1. The number of nitrogens with zero attached hydrogens (tertiary/aromatic N) is 2. The molecule has 0 bridgehead atoms. The van der Waals surface area contributed by atoms with Gasteiger partial charge in [0.05, 0.1) is 19.4 Å². The van der Waals surface area contributed by atoms with E-state index >= 15 is 0 Å². The molecule has 152 valence electrons. The van der Waals surface area contributed by atoms with Crippen LogP contribution in [0.4, 0.5) is 0 Å². The molecule has 0 fully saturated rings. The molecule has 0 aliphatic rings. The van der Waals surface area contributed by atoms with Crippen LogP contribution in [0.3, 0.4) is 0 Å². The minimum absolute atomic E-state index is 0.0317. The summed E-state index contributed by atoms with van der Waals surface area (Å²) in [5.74, 6) is 0.728. The van der Waals surface area contributed by atoms with Crippen LogP contribution in [0.1, 0.15) is 32.9 Å². The summed E-state index contributed by atoms with van der Waals surface area (Å²) in [6.07, 6.45) is 3.70. The number of amides is 1. The van der Waals surface area contributed by atoms with Gasteiger partial charge in [-0.1, -0.05) is 51.8 Å². The molecule has 5 heteroatoms. The number of hydrogen-bond acceptors (Lipinski definition) is 2. The van der Waals surface area contributed by atoms with Gasteiger partial charge in [-0.3, -0.25) is 4.79 Å². The minimum Gasteiger partial charge on any atom is -0.467 e. The van der Waals surface area contributed by atoms with Gasteiger partial charge in [0.2, 0.25) is 0 Å². The van der Waals surface area contributed by atoms with Crippen LogP contribution < -0.4 is 0 Å². The molecule has 2 aromatic heterocycles. The van der Waals surface area contributed by atoms with E-state index in [9.17, 15) is 4.79 Å². The van der Waals surface area contributed by atoms with E-state index in [4.69, 9.17) is 4.42 Å². The highest BCUT2D eigenvalue weighted by molar-refractivity contribution is 9.10. The van der Waals surface area contributed by atoms with Gasteiger partial charge in [0.15, 0.2) is 0 Å². The summed E-state index contributed by atoms with van der Waals surface area (Å²) in [6.45, 7) is 3.76. The highest BCUT2D eigenvalue weighted by Crippen LogP contribution is 2.19. The predicted molar refractivity (Wildman–Crippen MR) is 121 cm³/mol. The highest BCUT2D eigenvalue weighted by Gasteiger charge is 2.19. The van der Waals surface area contributed by atoms with Crippen molar-refractivity contribution in [3.8, 4) is 0 Å². The van der Waals surface area contributed by atoms with E-state index in [-0.39, 0.29) is 5.91 Å². The van der Waals surface area contributed by atoms with Crippen molar-refractivity contribution in [2.45, 2.75) is 26.6 Å². The van der Waals surface area contributed by atoms with Gasteiger partial charge in [-0.2, -0.15) is 0 Å². The summed E-state index contributed by atoms with van der Waals surface area (Å²) in [5.41, 5.74) is 4.20. The van der Waals surface area contributed by atoms with Gasteiger partial charge in [0.25, 0.3) is 5.91 Å². The second kappa shape index (κ2) is 9.18. The number of aromatic nitrogens is 1. The molecule has 0 unspecified atom stereocenters. The van der Waals surface area contributed by atoms with Crippen molar-refractivity contribution < 1.29 is 9.21 Å². The van der Waals surface area contributed by atoms with E-state index < -0.39 is 0 Å². The molecular weight excluding hydrogens is 440 g/mol. The lowest BCUT2D eigenvalue weighted by molar-refractivity contribution is 0.0713. The van der Waals surface area contributed by atoms with Crippen molar-refractivity contribution in [3.63, 3.8) is 0 Å². The molecule has 0 spiro atoms. The summed E-state index contributed by atoms with van der Waals surface area (Å²) >= 11 is 3.46. The third-order valence-corrected chi connectivity index (χ3v) is 5.53. The molecule has 4 rings (SSSR count). The molecule has 2 aromatic carbocycles. The molecule has 0 atom stereocenters. The Morgan fingerprint density at radius 1 is 1.00 bits per heavy atom. The molecule has 0 saturated carbocycles. The fraction of sp³-hybridized carbons (Fsp3) is 0.160. The fourth-order valence-electron chi connectivity index (χ4n) is 3.43. The number of aryl methyl sites for hydroxylation is 1. The number of carbonyl (C=O) groups is 1. The number of furan rings is 1. The average Bonchev–Trinajstić information content (AvgIpc) is 3.41. The summed E-state index contributed by atoms with van der Waals surface area (Å²) in [4.78, 5) is 15.1. The smallest absolute Gasteiger partial charge is 0.254 e. The van der Waals surface area contributed by atoms with Gasteiger partial charge in [-0.25, -0.2) is 0 Å². The van der Waals surface area contributed by atoms with E-state index in [1.54, 1.807) is 6.26 Å². The Bertz CT molecular complexity index is 1110. The first kappa shape index (κ1) is 20.2. The molecule has 4 aromatic rings.